The third-order valence-electron chi connectivity index (χ3n) is 2.49. The first-order chi connectivity index (χ1) is 9.86. The van der Waals surface area contributed by atoms with Gasteiger partial charge in [-0.1, -0.05) is 36.4 Å². The van der Waals surface area contributed by atoms with Crippen molar-refractivity contribution in [1.82, 2.24) is 0 Å². The van der Waals surface area contributed by atoms with Crippen LogP contribution >= 0.6 is 0 Å². The van der Waals surface area contributed by atoms with Crippen molar-refractivity contribution in [2.45, 2.75) is 0 Å². The highest BCUT2D eigenvalue weighted by Gasteiger charge is 1.85. The van der Waals surface area contributed by atoms with Crippen molar-refractivity contribution < 1.29 is 0 Å². The van der Waals surface area contributed by atoms with Crippen LogP contribution in [0.15, 0.2) is 60.7 Å². The Kier molecular flexibility index (Phi) is 8.68. The second-order valence-corrected chi connectivity index (χ2v) is 4.16. The van der Waals surface area contributed by atoms with Crippen LogP contribution in [0.1, 0.15) is 0 Å². The van der Waals surface area contributed by atoms with E-state index >= 15 is 0 Å². The second-order valence-electron chi connectivity index (χ2n) is 4.16. The standard InChI is InChI=1S/2C8H12N2/c2*9-6-7-10-8-4-2-1-3-5-8/h2*1-5,10H,6-7,9H2. The summed E-state index contributed by atoms with van der Waals surface area (Å²) >= 11 is 0. The molecule has 0 spiro atoms. The van der Waals surface area contributed by atoms with Crippen LogP contribution in [0.25, 0.3) is 0 Å². The Morgan fingerprint density at radius 2 is 0.950 bits per heavy atom. The van der Waals surface area contributed by atoms with Crippen molar-refractivity contribution in [1.29, 1.82) is 0 Å². The zero-order chi connectivity index (χ0) is 14.5. The highest BCUT2D eigenvalue weighted by Crippen LogP contribution is 2.03. The van der Waals surface area contributed by atoms with E-state index < -0.39 is 0 Å². The van der Waals surface area contributed by atoms with Crippen molar-refractivity contribution in [3.05, 3.63) is 60.7 Å². The molecule has 0 unspecified atom stereocenters. The van der Waals surface area contributed by atoms with Gasteiger partial charge >= 0.3 is 0 Å². The van der Waals surface area contributed by atoms with Crippen LogP contribution in [-0.2, 0) is 0 Å². The van der Waals surface area contributed by atoms with Gasteiger partial charge in [-0.15, -0.1) is 0 Å². The third kappa shape index (κ3) is 7.41. The fourth-order valence-electron chi connectivity index (χ4n) is 1.55. The molecule has 0 aliphatic rings. The van der Waals surface area contributed by atoms with E-state index in [2.05, 4.69) is 10.6 Å². The highest BCUT2D eigenvalue weighted by atomic mass is 14.9. The smallest absolute Gasteiger partial charge is 0.0340 e. The van der Waals surface area contributed by atoms with Gasteiger partial charge in [-0.3, -0.25) is 0 Å². The maximum Gasteiger partial charge on any atom is 0.0340 e. The Balaban J connectivity index is 0.000000200. The van der Waals surface area contributed by atoms with Crippen molar-refractivity contribution in [3.63, 3.8) is 0 Å². The van der Waals surface area contributed by atoms with Crippen LogP contribution in [-0.4, -0.2) is 26.2 Å². The average Bonchev–Trinajstić information content (AvgIpc) is 2.53. The number of rotatable bonds is 6. The number of hydrogen-bond donors (Lipinski definition) is 4. The van der Waals surface area contributed by atoms with E-state index in [1.165, 1.54) is 0 Å². The molecule has 20 heavy (non-hydrogen) atoms. The number of nitrogens with two attached hydrogens (primary N) is 2. The van der Waals surface area contributed by atoms with Crippen LogP contribution in [0.2, 0.25) is 0 Å². The van der Waals surface area contributed by atoms with Gasteiger partial charge in [-0.05, 0) is 24.3 Å². The molecule has 0 fully saturated rings. The molecule has 0 saturated heterocycles. The molecule has 0 radical (unpaired) electrons. The number of anilines is 2. The summed E-state index contributed by atoms with van der Waals surface area (Å²) in [5.41, 5.74) is 12.9. The molecule has 2 aromatic rings. The quantitative estimate of drug-likeness (QED) is 0.649. The number of hydrogen-bond acceptors (Lipinski definition) is 4. The van der Waals surface area contributed by atoms with Gasteiger partial charge in [-0.25, -0.2) is 0 Å². The minimum atomic E-state index is 0.675. The van der Waals surface area contributed by atoms with E-state index in [1.807, 2.05) is 60.7 Å². The van der Waals surface area contributed by atoms with E-state index in [0.29, 0.717) is 13.1 Å². The summed E-state index contributed by atoms with van der Waals surface area (Å²) in [6.45, 7) is 3.03. The lowest BCUT2D eigenvalue weighted by molar-refractivity contribution is 1.02. The van der Waals surface area contributed by atoms with E-state index in [4.69, 9.17) is 11.5 Å². The maximum absolute atomic E-state index is 5.31. The lowest BCUT2D eigenvalue weighted by atomic mass is 10.3. The summed E-state index contributed by atoms with van der Waals surface area (Å²) in [4.78, 5) is 0. The molecule has 0 bridgehead atoms. The zero-order valence-corrected chi connectivity index (χ0v) is 11.8. The number of benzene rings is 2. The largest absolute Gasteiger partial charge is 0.384 e. The van der Waals surface area contributed by atoms with Gasteiger partial charge in [-0.2, -0.15) is 0 Å². The van der Waals surface area contributed by atoms with E-state index in [9.17, 15) is 0 Å². The highest BCUT2D eigenvalue weighted by molar-refractivity contribution is 5.42. The first kappa shape index (κ1) is 16.0. The van der Waals surface area contributed by atoms with E-state index in [1.54, 1.807) is 0 Å². The Labute approximate surface area is 121 Å². The van der Waals surface area contributed by atoms with Crippen molar-refractivity contribution >= 4 is 11.4 Å². The van der Waals surface area contributed by atoms with Crippen molar-refractivity contribution in [2.24, 2.45) is 11.5 Å². The van der Waals surface area contributed by atoms with Gasteiger partial charge in [0.1, 0.15) is 0 Å². The average molecular weight is 272 g/mol. The Bertz CT molecular complexity index is 387. The Morgan fingerprint density at radius 3 is 1.25 bits per heavy atom. The van der Waals surface area contributed by atoms with Gasteiger partial charge in [0.05, 0.1) is 0 Å². The summed E-state index contributed by atoms with van der Waals surface area (Å²) in [7, 11) is 0. The molecule has 108 valence electrons. The SMILES string of the molecule is NCCNc1ccccc1.NCCNc1ccccc1. The zero-order valence-electron chi connectivity index (χ0n) is 11.8. The van der Waals surface area contributed by atoms with Crippen molar-refractivity contribution in [3.8, 4) is 0 Å². The van der Waals surface area contributed by atoms with Crippen LogP contribution in [0.3, 0.4) is 0 Å². The fourth-order valence-corrected chi connectivity index (χ4v) is 1.55. The van der Waals surface area contributed by atoms with Crippen molar-refractivity contribution in [2.75, 3.05) is 36.8 Å². The predicted octanol–water partition coefficient (Wildman–Crippen LogP) is 2.11. The van der Waals surface area contributed by atoms with Crippen LogP contribution in [0, 0.1) is 0 Å². The molecule has 2 aromatic carbocycles. The molecule has 4 nitrogen and oxygen atoms in total. The molecule has 0 aromatic heterocycles. The maximum atomic E-state index is 5.31. The summed E-state index contributed by atoms with van der Waals surface area (Å²) < 4.78 is 0. The predicted molar refractivity (Wildman–Crippen MR) is 88.0 cm³/mol. The normalized spacial score (nSPS) is 9.30. The summed E-state index contributed by atoms with van der Waals surface area (Å²) in [5, 5.41) is 6.34. The molecule has 0 aliphatic carbocycles. The topological polar surface area (TPSA) is 76.1 Å². The fraction of sp³-hybridized carbons (Fsp3) is 0.250. The lowest BCUT2D eigenvalue weighted by Crippen LogP contribution is -2.12. The molecule has 0 saturated carbocycles. The van der Waals surface area contributed by atoms with Gasteiger partial charge < -0.3 is 22.1 Å². The minimum Gasteiger partial charge on any atom is -0.384 e. The molecule has 4 heteroatoms. The lowest BCUT2D eigenvalue weighted by Gasteiger charge is -2.01. The van der Waals surface area contributed by atoms with Gasteiger partial charge in [0.15, 0.2) is 0 Å². The molecule has 2 rings (SSSR count). The van der Waals surface area contributed by atoms with Crippen LogP contribution in [0.4, 0.5) is 11.4 Å². The molecule has 0 aliphatic heterocycles. The second kappa shape index (κ2) is 10.8. The van der Waals surface area contributed by atoms with E-state index in [0.717, 1.165) is 24.5 Å². The summed E-state index contributed by atoms with van der Waals surface area (Å²) in [6, 6.07) is 20.1. The molecule has 0 heterocycles. The van der Waals surface area contributed by atoms with Gasteiger partial charge in [0.25, 0.3) is 0 Å². The molecule has 0 amide bonds. The third-order valence-corrected chi connectivity index (χ3v) is 2.49. The molecular weight excluding hydrogens is 248 g/mol. The van der Waals surface area contributed by atoms with Crippen LogP contribution in [0.5, 0.6) is 0 Å². The molecule has 0 atom stereocenters. The summed E-state index contributed by atoms with van der Waals surface area (Å²) in [6.07, 6.45) is 0. The van der Waals surface area contributed by atoms with Gasteiger partial charge in [0, 0.05) is 37.6 Å². The number of para-hydroxylation sites is 2. The first-order valence-corrected chi connectivity index (χ1v) is 6.84. The molecule has 6 N–H and O–H groups in total. The minimum absolute atomic E-state index is 0.675. The monoisotopic (exact) mass is 272 g/mol. The number of nitrogens with one attached hydrogen (secondary N) is 2. The summed E-state index contributed by atoms with van der Waals surface area (Å²) in [5.74, 6) is 0. The van der Waals surface area contributed by atoms with Crippen LogP contribution < -0.4 is 22.1 Å². The first-order valence-electron chi connectivity index (χ1n) is 6.84. The van der Waals surface area contributed by atoms with Gasteiger partial charge in [0.2, 0.25) is 0 Å². The Morgan fingerprint density at radius 1 is 0.600 bits per heavy atom. The molecular formula is C16H24N4. The Hall–Kier alpha value is -2.04. The van der Waals surface area contributed by atoms with E-state index in [-0.39, 0.29) is 0 Å².